The van der Waals surface area contributed by atoms with Gasteiger partial charge in [-0.1, -0.05) is 30.3 Å². The number of nitrogens with two attached hydrogens (primary N) is 1. The van der Waals surface area contributed by atoms with E-state index in [0.29, 0.717) is 5.56 Å². The minimum Gasteiger partial charge on any atom is -0.510 e. The molecule has 224 valence electrons. The summed E-state index contributed by atoms with van der Waals surface area (Å²) in [6.07, 6.45) is 4.60. The number of hydrogen-bond acceptors (Lipinski definition) is 9. The molecule has 1 amide bonds. The number of carbonyl (C=O) groups is 3. The summed E-state index contributed by atoms with van der Waals surface area (Å²) in [5, 5.41) is 45.0. The van der Waals surface area contributed by atoms with E-state index in [4.69, 9.17) is 5.73 Å². The van der Waals surface area contributed by atoms with Crippen molar-refractivity contribution in [2.75, 3.05) is 27.7 Å². The molecule has 0 aromatic heterocycles. The van der Waals surface area contributed by atoms with Crippen molar-refractivity contribution in [2.24, 2.45) is 17.6 Å². The van der Waals surface area contributed by atoms with E-state index in [-0.39, 0.29) is 29.7 Å². The van der Waals surface area contributed by atoms with Crippen molar-refractivity contribution in [3.63, 3.8) is 0 Å². The minimum atomic E-state index is -2.66. The van der Waals surface area contributed by atoms with Gasteiger partial charge in [-0.15, -0.1) is 0 Å². The molecular formula is C33H35N3O7. The normalized spacial score (nSPS) is 28.0. The Kier molecular flexibility index (Phi) is 6.74. The van der Waals surface area contributed by atoms with Crippen molar-refractivity contribution in [3.05, 3.63) is 81.5 Å². The predicted molar refractivity (Wildman–Crippen MR) is 159 cm³/mol. The van der Waals surface area contributed by atoms with Gasteiger partial charge in [0, 0.05) is 30.8 Å². The fourth-order valence-corrected chi connectivity index (χ4v) is 7.49. The summed E-state index contributed by atoms with van der Waals surface area (Å²) in [6.45, 7) is 1.04. The van der Waals surface area contributed by atoms with E-state index in [2.05, 4.69) is 18.0 Å². The Morgan fingerprint density at radius 3 is 2.40 bits per heavy atom. The monoisotopic (exact) mass is 585 g/mol. The molecule has 1 saturated heterocycles. The van der Waals surface area contributed by atoms with Gasteiger partial charge in [0.2, 0.25) is 5.78 Å². The van der Waals surface area contributed by atoms with Crippen molar-refractivity contribution in [1.29, 1.82) is 0 Å². The molecule has 0 radical (unpaired) electrons. The molecule has 2 aromatic carbocycles. The molecule has 4 aliphatic rings. The number of allylic oxidation sites excluding steroid dienone is 2. The van der Waals surface area contributed by atoms with Gasteiger partial charge in [-0.2, -0.15) is 0 Å². The largest absolute Gasteiger partial charge is 0.510 e. The molecular weight excluding hydrogens is 550 g/mol. The summed E-state index contributed by atoms with van der Waals surface area (Å²) in [5.74, 6) is -6.64. The number of likely N-dealkylation sites (N-methyl/N-ethyl adjacent to an activating group) is 1. The number of benzene rings is 2. The number of phenolic OH excluding ortho intramolecular Hbond substituents is 1. The van der Waals surface area contributed by atoms with Gasteiger partial charge >= 0.3 is 0 Å². The number of amides is 1. The van der Waals surface area contributed by atoms with Crippen LogP contribution in [0.3, 0.4) is 0 Å². The summed E-state index contributed by atoms with van der Waals surface area (Å²) in [4.78, 5) is 43.4. The Bertz CT molecular complexity index is 1670. The first-order valence-electron chi connectivity index (χ1n) is 14.4. The average molecular weight is 586 g/mol. The van der Waals surface area contributed by atoms with Gasteiger partial charge in [-0.05, 0) is 80.1 Å². The van der Waals surface area contributed by atoms with Crippen LogP contribution in [0.15, 0.2) is 64.8 Å². The SMILES string of the molecule is CN1CCCC1=Cc1ccc(-c2ccc(O)c3c2C[C@H]2C[C@H]4[C@@H](N(C)C)C(O)=C(C(N)=O)C(=O)[C@@]4(O)C(O)=C2C3=O)cc1. The van der Waals surface area contributed by atoms with E-state index in [1.807, 2.05) is 24.3 Å². The lowest BCUT2D eigenvalue weighted by Crippen LogP contribution is -2.63. The van der Waals surface area contributed by atoms with Crippen LogP contribution in [-0.2, 0) is 16.0 Å². The first-order valence-corrected chi connectivity index (χ1v) is 14.4. The van der Waals surface area contributed by atoms with Crippen LogP contribution < -0.4 is 5.73 Å². The molecule has 0 spiro atoms. The Balaban J connectivity index is 1.45. The van der Waals surface area contributed by atoms with Crippen LogP contribution >= 0.6 is 0 Å². The van der Waals surface area contributed by atoms with Gasteiger partial charge in [0.1, 0.15) is 22.8 Å². The van der Waals surface area contributed by atoms with Crippen molar-refractivity contribution in [1.82, 2.24) is 9.80 Å². The third-order valence-electron chi connectivity index (χ3n) is 9.58. The summed E-state index contributed by atoms with van der Waals surface area (Å²) in [6, 6.07) is 10.1. The van der Waals surface area contributed by atoms with Gasteiger partial charge < -0.3 is 31.1 Å². The molecule has 4 atom stereocenters. The number of aliphatic hydroxyl groups excluding tert-OH is 2. The number of hydrogen-bond donors (Lipinski definition) is 5. The summed E-state index contributed by atoms with van der Waals surface area (Å²) in [7, 11) is 5.29. The van der Waals surface area contributed by atoms with E-state index in [1.54, 1.807) is 20.2 Å². The van der Waals surface area contributed by atoms with E-state index >= 15 is 0 Å². The number of fused-ring (bicyclic) bond motifs is 3. The van der Waals surface area contributed by atoms with Gasteiger partial charge in [0.15, 0.2) is 11.4 Å². The predicted octanol–water partition coefficient (Wildman–Crippen LogP) is 2.85. The zero-order valence-corrected chi connectivity index (χ0v) is 24.3. The minimum absolute atomic E-state index is 0.00272. The molecule has 0 saturated carbocycles. The quantitative estimate of drug-likeness (QED) is 0.339. The Morgan fingerprint density at radius 1 is 1.09 bits per heavy atom. The Hall–Kier alpha value is -4.41. The van der Waals surface area contributed by atoms with Gasteiger partial charge in [0.05, 0.1) is 11.6 Å². The topological polar surface area (TPSA) is 165 Å². The van der Waals surface area contributed by atoms with Crippen molar-refractivity contribution >= 4 is 23.5 Å². The molecule has 0 bridgehead atoms. The number of likely N-dealkylation sites (tertiary alicyclic amines) is 1. The average Bonchev–Trinajstić information content (AvgIpc) is 3.35. The van der Waals surface area contributed by atoms with Crippen molar-refractivity contribution in [3.8, 4) is 16.9 Å². The van der Waals surface area contributed by atoms with Gasteiger partial charge in [-0.25, -0.2) is 0 Å². The van der Waals surface area contributed by atoms with Crippen molar-refractivity contribution in [2.45, 2.75) is 37.3 Å². The smallest absolute Gasteiger partial charge is 0.255 e. The van der Waals surface area contributed by atoms with Crippen LogP contribution in [0.5, 0.6) is 5.75 Å². The van der Waals surface area contributed by atoms with Crippen LogP contribution in [0.2, 0.25) is 0 Å². The lowest BCUT2D eigenvalue weighted by molar-refractivity contribution is -0.148. The highest BCUT2D eigenvalue weighted by atomic mass is 16.3. The van der Waals surface area contributed by atoms with E-state index in [0.717, 1.165) is 36.1 Å². The summed E-state index contributed by atoms with van der Waals surface area (Å²) in [5.41, 5.74) is 6.27. The second-order valence-electron chi connectivity index (χ2n) is 12.2. The zero-order chi connectivity index (χ0) is 31.0. The third-order valence-corrected chi connectivity index (χ3v) is 9.58. The molecule has 1 fully saturated rings. The molecule has 6 N–H and O–H groups in total. The highest BCUT2D eigenvalue weighted by Gasteiger charge is 2.63. The van der Waals surface area contributed by atoms with Crippen LogP contribution in [0.1, 0.15) is 40.7 Å². The highest BCUT2D eigenvalue weighted by molar-refractivity contribution is 6.24. The van der Waals surface area contributed by atoms with Crippen LogP contribution in [0.25, 0.3) is 17.2 Å². The lowest BCUT2D eigenvalue weighted by Gasteiger charge is -2.50. The first-order chi connectivity index (χ1) is 20.4. The molecule has 3 aliphatic carbocycles. The maximum Gasteiger partial charge on any atom is 0.255 e. The maximum atomic E-state index is 14.0. The van der Waals surface area contributed by atoms with Gasteiger partial charge in [-0.3, -0.25) is 19.3 Å². The molecule has 2 aromatic rings. The number of primary amides is 1. The Labute approximate surface area is 249 Å². The second kappa shape index (κ2) is 10.1. The number of aliphatic hydroxyl groups is 3. The molecule has 6 rings (SSSR count). The van der Waals surface area contributed by atoms with E-state index < -0.39 is 58.0 Å². The number of aromatic hydroxyl groups is 1. The highest BCUT2D eigenvalue weighted by Crippen LogP contribution is 2.53. The third kappa shape index (κ3) is 4.19. The fourth-order valence-electron chi connectivity index (χ4n) is 7.49. The molecule has 10 nitrogen and oxygen atoms in total. The number of carbonyl (C=O) groups excluding carboxylic acids is 3. The van der Waals surface area contributed by atoms with Gasteiger partial charge in [0.25, 0.3) is 5.91 Å². The maximum absolute atomic E-state index is 14.0. The van der Waals surface area contributed by atoms with Crippen LogP contribution in [0, 0.1) is 11.8 Å². The number of phenols is 1. The zero-order valence-electron chi connectivity index (χ0n) is 24.3. The lowest BCUT2D eigenvalue weighted by atomic mass is 9.58. The molecule has 1 aliphatic heterocycles. The van der Waals surface area contributed by atoms with Crippen LogP contribution in [0.4, 0.5) is 0 Å². The summed E-state index contributed by atoms with van der Waals surface area (Å²) < 4.78 is 0. The molecule has 1 heterocycles. The summed E-state index contributed by atoms with van der Waals surface area (Å²) >= 11 is 0. The molecule has 43 heavy (non-hydrogen) atoms. The number of rotatable bonds is 4. The first kappa shape index (κ1) is 28.7. The molecule has 0 unspecified atom stereocenters. The van der Waals surface area contributed by atoms with Crippen LogP contribution in [-0.4, -0.2) is 87.0 Å². The van der Waals surface area contributed by atoms with E-state index in [9.17, 15) is 34.8 Å². The molecule has 10 heteroatoms. The number of ketones is 2. The second-order valence-corrected chi connectivity index (χ2v) is 12.2. The van der Waals surface area contributed by atoms with Crippen molar-refractivity contribution < 1.29 is 34.8 Å². The number of Topliss-reactive ketones (excluding diaryl/α,β-unsaturated/α-hetero) is 2. The Morgan fingerprint density at radius 2 is 1.79 bits per heavy atom. The standard InChI is InChI=1S/C33H35N3O7/c1-35(2)27-22-15-18-14-21-20(17-8-6-16(7-9-17)13-19-5-4-12-36(19)3)10-11-23(37)25(21)28(38)24(18)30(40)33(22,43)31(41)26(29(27)39)32(34)42/h6-11,13,18,22,27,37,39-40,43H,4-5,12,14-15H2,1-3H3,(H2,34,42)/t18-,22-,27+,33-/m0/s1. The number of nitrogens with zero attached hydrogens (tertiary/aromatic N) is 2. The van der Waals surface area contributed by atoms with E-state index in [1.165, 1.54) is 16.7 Å². The fraction of sp³-hybridized carbons (Fsp3) is 0.364.